The van der Waals surface area contributed by atoms with Crippen LogP contribution in [0.2, 0.25) is 0 Å². The zero-order valence-electron chi connectivity index (χ0n) is 27.8. The van der Waals surface area contributed by atoms with Crippen LogP contribution in [-0.4, -0.2) is 64.1 Å². The van der Waals surface area contributed by atoms with Gasteiger partial charge in [-0.05, 0) is 59.7 Å². The molecule has 0 radical (unpaired) electrons. The molecule has 0 spiro atoms. The van der Waals surface area contributed by atoms with Gasteiger partial charge >= 0.3 is 0 Å². The number of benzene rings is 4. The summed E-state index contributed by atoms with van der Waals surface area (Å²) in [6.45, 7) is 0.616. The molecule has 258 valence electrons. The van der Waals surface area contributed by atoms with Gasteiger partial charge in [0.25, 0.3) is 5.91 Å². The number of hydrogen-bond donors (Lipinski definition) is 3. The van der Waals surface area contributed by atoms with Crippen molar-refractivity contribution in [2.24, 2.45) is 4.99 Å². The largest absolute Gasteiger partial charge is 0.497 e. The van der Waals surface area contributed by atoms with Crippen molar-refractivity contribution < 1.29 is 38.3 Å². The fourth-order valence-electron chi connectivity index (χ4n) is 5.57. The predicted molar refractivity (Wildman–Crippen MR) is 189 cm³/mol. The zero-order valence-corrected chi connectivity index (χ0v) is 29.4. The molecule has 1 aliphatic heterocycles. The lowest BCUT2D eigenvalue weighted by molar-refractivity contribution is -0.130. The van der Waals surface area contributed by atoms with Crippen LogP contribution >= 0.6 is 15.9 Å². The number of nitrogens with zero attached hydrogens (tertiary/aromatic N) is 1. The summed E-state index contributed by atoms with van der Waals surface area (Å²) in [6, 6.07) is 26.0. The van der Waals surface area contributed by atoms with Crippen LogP contribution in [0.1, 0.15) is 34.8 Å². The Hall–Kier alpha value is -4.78. The molecule has 0 aromatic heterocycles. The number of methoxy groups -OCH3 is 4. The molecule has 1 aliphatic rings. The minimum Gasteiger partial charge on any atom is -0.497 e. The number of hydrazine groups is 1. The molecule has 0 saturated heterocycles. The van der Waals surface area contributed by atoms with E-state index in [1.807, 2.05) is 72.8 Å². The minimum atomic E-state index is -1.45. The highest BCUT2D eigenvalue weighted by atomic mass is 79.9. The molecule has 0 fully saturated rings. The van der Waals surface area contributed by atoms with Crippen molar-refractivity contribution >= 4 is 27.7 Å². The van der Waals surface area contributed by atoms with E-state index in [2.05, 4.69) is 26.8 Å². The fraction of sp³-hybridized carbons (Fsp3) is 0.297. The van der Waals surface area contributed by atoms with Gasteiger partial charge in [-0.25, -0.2) is 10.4 Å². The third-order valence-electron chi connectivity index (χ3n) is 8.10. The minimum absolute atomic E-state index is 0.0486. The monoisotopic (exact) mass is 733 g/mol. The summed E-state index contributed by atoms with van der Waals surface area (Å²) < 4.78 is 35.4. The first-order valence-corrected chi connectivity index (χ1v) is 16.4. The maximum atomic E-state index is 14.6. The van der Waals surface area contributed by atoms with Gasteiger partial charge in [-0.2, -0.15) is 0 Å². The Labute approximate surface area is 294 Å². The molecule has 0 aliphatic carbocycles. The highest BCUT2D eigenvalue weighted by Crippen LogP contribution is 2.43. The number of aliphatic imine (C=N–C) groups is 1. The van der Waals surface area contributed by atoms with E-state index in [9.17, 15) is 4.79 Å². The van der Waals surface area contributed by atoms with E-state index >= 15 is 0 Å². The average Bonchev–Trinajstić information content (AvgIpc) is 3.53. The standard InChI is InChI=1S/C37H40BrN3O8/c1-44-29-8-5-7-26(19-29)34-37(22-24-9-13-27(38)14-10-24,40-35(49-34)25-11-15-28(16-12-25)48-18-6-17-42)36(43)41-39-23-31-32(46-3)20-30(45-2)21-33(31)47-4/h5,7-16,19-21,34,39,42H,6,17-18,22-23H2,1-4H3,(H,41,43)/t34-,37-/m0/s1. The van der Waals surface area contributed by atoms with Gasteiger partial charge < -0.3 is 33.5 Å². The number of carbonyl (C=O) groups excluding carboxylic acids is 1. The highest BCUT2D eigenvalue weighted by molar-refractivity contribution is 9.10. The Morgan fingerprint density at radius 3 is 2.20 bits per heavy atom. The second kappa shape index (κ2) is 16.6. The van der Waals surface area contributed by atoms with Crippen molar-refractivity contribution in [3.8, 4) is 28.7 Å². The average molecular weight is 735 g/mol. The quantitative estimate of drug-likeness (QED) is 0.100. The number of aliphatic hydroxyl groups excluding tert-OH is 1. The topological polar surface area (TPSA) is 129 Å². The van der Waals surface area contributed by atoms with Crippen LogP contribution in [0.15, 0.2) is 94.4 Å². The molecule has 49 heavy (non-hydrogen) atoms. The SMILES string of the molecule is COc1cccc([C@@H]2OC(c3ccc(OCCCO)cc3)=N[C@]2(Cc2ccc(Br)cc2)C(=O)NNCc2c(OC)cc(OC)cc2OC)c1. The first-order chi connectivity index (χ1) is 23.8. The second-order valence-corrected chi connectivity index (χ2v) is 12.1. The Morgan fingerprint density at radius 2 is 1.57 bits per heavy atom. The number of nitrogens with one attached hydrogen (secondary N) is 2. The number of rotatable bonds is 16. The lowest BCUT2D eigenvalue weighted by Gasteiger charge is -2.31. The first-order valence-electron chi connectivity index (χ1n) is 15.6. The summed E-state index contributed by atoms with van der Waals surface area (Å²) in [6.07, 6.45) is -0.0791. The second-order valence-electron chi connectivity index (χ2n) is 11.2. The lowest BCUT2D eigenvalue weighted by Crippen LogP contribution is -2.53. The van der Waals surface area contributed by atoms with Gasteiger partial charge in [-0.3, -0.25) is 10.2 Å². The van der Waals surface area contributed by atoms with Crippen LogP contribution in [-0.2, 0) is 22.5 Å². The first kappa shape index (κ1) is 35.5. The molecule has 4 aromatic carbocycles. The maximum Gasteiger partial charge on any atom is 0.266 e. The van der Waals surface area contributed by atoms with Crippen molar-refractivity contribution in [2.45, 2.75) is 31.0 Å². The van der Waals surface area contributed by atoms with Crippen LogP contribution in [0, 0.1) is 0 Å². The number of hydrogen-bond acceptors (Lipinski definition) is 10. The van der Waals surface area contributed by atoms with Crippen molar-refractivity contribution in [3.63, 3.8) is 0 Å². The van der Waals surface area contributed by atoms with Gasteiger partial charge in [0.05, 0.1) is 40.6 Å². The molecule has 0 saturated carbocycles. The van der Waals surface area contributed by atoms with E-state index in [1.54, 1.807) is 40.6 Å². The maximum absolute atomic E-state index is 14.6. The molecule has 0 bridgehead atoms. The van der Waals surface area contributed by atoms with E-state index in [0.717, 1.165) is 10.0 Å². The third kappa shape index (κ3) is 8.27. The molecular weight excluding hydrogens is 694 g/mol. The smallest absolute Gasteiger partial charge is 0.266 e. The lowest BCUT2D eigenvalue weighted by atomic mass is 9.82. The Balaban J connectivity index is 1.53. The summed E-state index contributed by atoms with van der Waals surface area (Å²) in [4.78, 5) is 19.7. The molecule has 11 nitrogen and oxygen atoms in total. The van der Waals surface area contributed by atoms with E-state index in [1.165, 1.54) is 0 Å². The summed E-state index contributed by atoms with van der Waals surface area (Å²) in [5, 5.41) is 9.10. The molecule has 1 amide bonds. The van der Waals surface area contributed by atoms with Crippen molar-refractivity contribution in [2.75, 3.05) is 41.7 Å². The van der Waals surface area contributed by atoms with E-state index in [-0.39, 0.29) is 19.6 Å². The molecular formula is C37H40BrN3O8. The van der Waals surface area contributed by atoms with Crippen molar-refractivity contribution in [1.29, 1.82) is 0 Å². The van der Waals surface area contributed by atoms with Gasteiger partial charge in [0.1, 0.15) is 28.7 Å². The molecule has 2 atom stereocenters. The summed E-state index contributed by atoms with van der Waals surface area (Å²) in [5.74, 6) is 2.80. The Morgan fingerprint density at radius 1 is 0.878 bits per heavy atom. The molecule has 0 unspecified atom stereocenters. The van der Waals surface area contributed by atoms with E-state index in [4.69, 9.17) is 38.5 Å². The predicted octanol–water partition coefficient (Wildman–Crippen LogP) is 5.57. The van der Waals surface area contributed by atoms with Crippen LogP contribution in [0.3, 0.4) is 0 Å². The number of carbonyl (C=O) groups is 1. The van der Waals surface area contributed by atoms with Crippen molar-refractivity contribution in [3.05, 3.63) is 112 Å². The van der Waals surface area contributed by atoms with Gasteiger partial charge in [0.15, 0.2) is 11.6 Å². The Kier molecular flexibility index (Phi) is 12.0. The normalized spacial score (nSPS) is 16.7. The van der Waals surface area contributed by atoms with Crippen LogP contribution in [0.4, 0.5) is 0 Å². The summed E-state index contributed by atoms with van der Waals surface area (Å²) >= 11 is 3.51. The van der Waals surface area contributed by atoms with Crippen LogP contribution in [0.5, 0.6) is 28.7 Å². The number of ether oxygens (including phenoxy) is 6. The van der Waals surface area contributed by atoms with Gasteiger partial charge in [0, 0.05) is 48.2 Å². The Bertz CT molecular complexity index is 1720. The molecule has 3 N–H and O–H groups in total. The molecule has 1 heterocycles. The van der Waals surface area contributed by atoms with Gasteiger partial charge in [-0.15, -0.1) is 0 Å². The van der Waals surface area contributed by atoms with Crippen LogP contribution < -0.4 is 34.5 Å². The highest BCUT2D eigenvalue weighted by Gasteiger charge is 2.53. The molecule has 12 heteroatoms. The van der Waals surface area contributed by atoms with Crippen LogP contribution in [0.25, 0.3) is 0 Å². The molecule has 4 aromatic rings. The van der Waals surface area contributed by atoms with E-state index in [0.29, 0.717) is 64.4 Å². The van der Waals surface area contributed by atoms with Crippen molar-refractivity contribution in [1.82, 2.24) is 10.9 Å². The molecule has 5 rings (SSSR count). The zero-order chi connectivity index (χ0) is 34.8. The third-order valence-corrected chi connectivity index (χ3v) is 8.63. The summed E-state index contributed by atoms with van der Waals surface area (Å²) in [7, 11) is 6.27. The number of halogens is 1. The van der Waals surface area contributed by atoms with Gasteiger partial charge in [-0.1, -0.05) is 40.2 Å². The number of aliphatic hydroxyl groups is 1. The fourth-order valence-corrected chi connectivity index (χ4v) is 5.84. The number of amides is 1. The van der Waals surface area contributed by atoms with E-state index < -0.39 is 17.6 Å². The summed E-state index contributed by atoms with van der Waals surface area (Å²) in [5.41, 5.74) is 7.49. The van der Waals surface area contributed by atoms with Gasteiger partial charge in [0.2, 0.25) is 5.90 Å².